The molecule has 0 unspecified atom stereocenters. The van der Waals surface area contributed by atoms with Crippen LogP contribution >= 0.6 is 0 Å². The molecule has 0 fully saturated rings. The molecule has 6 bridgehead atoms. The van der Waals surface area contributed by atoms with Gasteiger partial charge in [-0.3, -0.25) is 9.13 Å². The van der Waals surface area contributed by atoms with E-state index >= 15 is 0 Å². The summed E-state index contributed by atoms with van der Waals surface area (Å²) in [6, 6.07) is 7.97. The lowest BCUT2D eigenvalue weighted by molar-refractivity contribution is 0.170. The van der Waals surface area contributed by atoms with Gasteiger partial charge in [0.05, 0.1) is 0 Å². The van der Waals surface area contributed by atoms with Crippen LogP contribution in [0.4, 0.5) is 11.6 Å². The molecule has 0 aliphatic carbocycles. The molecule has 0 N–H and O–H groups in total. The number of aromatic nitrogens is 2. The van der Waals surface area contributed by atoms with Gasteiger partial charge in [0, 0.05) is 66.1 Å². The van der Waals surface area contributed by atoms with Gasteiger partial charge in [0.1, 0.15) is 82.1 Å². The van der Waals surface area contributed by atoms with Gasteiger partial charge in [-0.15, -0.1) is 0 Å². The maximum absolute atomic E-state index is 6.31. The van der Waals surface area contributed by atoms with Gasteiger partial charge in [0.15, 0.2) is 69.3 Å². The minimum atomic E-state index is 0.216. The Bertz CT molecular complexity index is 3410. The van der Waals surface area contributed by atoms with E-state index < -0.39 is 0 Å². The molecule has 0 saturated heterocycles. The zero-order valence-corrected chi connectivity index (χ0v) is 33.5. The molecule has 4 aromatic carbocycles. The van der Waals surface area contributed by atoms with Crippen LogP contribution in [0.3, 0.4) is 0 Å². The molecule has 0 saturated carbocycles. The molecule has 14 rings (SSSR count). The number of fused-ring (bicyclic) bond motifs is 18. The van der Waals surface area contributed by atoms with E-state index in [1.54, 1.807) is 0 Å². The Morgan fingerprint density at radius 3 is 1.44 bits per heavy atom. The predicted molar refractivity (Wildman–Crippen MR) is 223 cm³/mol. The van der Waals surface area contributed by atoms with Crippen LogP contribution in [-0.2, 0) is 6.67 Å². The summed E-state index contributed by atoms with van der Waals surface area (Å²) in [5, 5.41) is 3.33. The molecule has 16 heteroatoms. The molecular weight excluding hydrogens is 781 g/mol. The number of hydrogen-bond donors (Lipinski definition) is 0. The summed E-state index contributed by atoms with van der Waals surface area (Å²) in [5.41, 5.74) is 7.93. The summed E-state index contributed by atoms with van der Waals surface area (Å²) in [6.07, 6.45) is 0. The smallest absolute Gasteiger partial charge is 0.165 e. The van der Waals surface area contributed by atoms with Gasteiger partial charge < -0.3 is 37.9 Å². The van der Waals surface area contributed by atoms with Gasteiger partial charge in [-0.25, -0.2) is 30.0 Å². The highest BCUT2D eigenvalue weighted by Crippen LogP contribution is 2.50. The van der Waals surface area contributed by atoms with Crippen LogP contribution in [0.15, 0.2) is 54.2 Å². The van der Waals surface area contributed by atoms with E-state index in [0.717, 1.165) is 66.1 Å². The minimum absolute atomic E-state index is 0.216. The summed E-state index contributed by atoms with van der Waals surface area (Å²) < 4.78 is 54.1. The van der Waals surface area contributed by atoms with Crippen molar-refractivity contribution in [3.8, 4) is 46.0 Å². The maximum Gasteiger partial charge on any atom is 0.165 e. The lowest BCUT2D eigenvalue weighted by atomic mass is 10.00. The first kappa shape index (κ1) is 33.5. The number of amidine groups is 4. The van der Waals surface area contributed by atoms with Gasteiger partial charge in [-0.2, -0.15) is 0 Å². The minimum Gasteiger partial charge on any atom is -0.486 e. The molecule has 10 heterocycles. The molecular formula is C45H34N8O8. The van der Waals surface area contributed by atoms with Crippen LogP contribution < -0.4 is 48.9 Å². The van der Waals surface area contributed by atoms with Crippen molar-refractivity contribution in [3.05, 3.63) is 79.7 Å². The van der Waals surface area contributed by atoms with Crippen LogP contribution in [0.2, 0.25) is 0 Å². The second-order valence-electron chi connectivity index (χ2n) is 16.1. The third kappa shape index (κ3) is 4.33. The number of aryl methyl sites for hydroxylation is 2. The first-order valence-electron chi connectivity index (χ1n) is 20.5. The van der Waals surface area contributed by atoms with E-state index in [1.165, 1.54) is 0 Å². The molecule has 0 spiro atoms. The number of aliphatic imine (C=N–C) groups is 4. The summed E-state index contributed by atoms with van der Waals surface area (Å²) in [4.78, 5) is 32.5. The lowest BCUT2D eigenvalue weighted by Gasteiger charge is -2.22. The van der Waals surface area contributed by atoms with Crippen molar-refractivity contribution < 1.29 is 37.9 Å². The number of rotatable bonds is 0. The second-order valence-corrected chi connectivity index (χ2v) is 16.1. The molecule has 8 aliphatic heterocycles. The van der Waals surface area contributed by atoms with Gasteiger partial charge >= 0.3 is 0 Å². The molecule has 2 aromatic heterocycles. The quantitative estimate of drug-likeness (QED) is 0.198. The Morgan fingerprint density at radius 2 is 0.836 bits per heavy atom. The summed E-state index contributed by atoms with van der Waals surface area (Å²) >= 11 is 0. The summed E-state index contributed by atoms with van der Waals surface area (Å²) in [7, 11) is 0. The molecule has 0 radical (unpaired) electrons. The van der Waals surface area contributed by atoms with E-state index in [4.69, 9.17) is 67.8 Å². The SMILES string of the molecule is Cc1c2c(cc3c1C1=NC3=Nc3c4c(C)c5c(cc4c4n3Cn3c(c6cc7c(c(C)c6c3=NC3=NC(=N4)c4c3cc3c(c4C)OCCO3)OCCO7)=N1)OCCO5)OCCO2. The Balaban J connectivity index is 1.20. The molecule has 61 heavy (non-hydrogen) atoms. The fraction of sp³-hybridized carbons (Fsp3) is 0.289. The van der Waals surface area contributed by atoms with E-state index in [1.807, 2.05) is 52.0 Å². The number of nitrogens with zero attached hydrogens (tertiary/aromatic N) is 8. The fourth-order valence-electron chi connectivity index (χ4n) is 10.1. The van der Waals surface area contributed by atoms with E-state index in [-0.39, 0.29) is 6.67 Å². The highest BCUT2D eigenvalue weighted by atomic mass is 16.6. The van der Waals surface area contributed by atoms with Gasteiger partial charge in [0.2, 0.25) is 0 Å². The molecule has 16 nitrogen and oxygen atoms in total. The Morgan fingerprint density at radius 1 is 0.393 bits per heavy atom. The second kappa shape index (κ2) is 11.7. The van der Waals surface area contributed by atoms with Crippen molar-refractivity contribution in [2.75, 3.05) is 52.9 Å². The normalized spacial score (nSPS) is 18.0. The maximum atomic E-state index is 6.31. The largest absolute Gasteiger partial charge is 0.486 e. The van der Waals surface area contributed by atoms with Crippen LogP contribution in [0.5, 0.6) is 46.0 Å². The van der Waals surface area contributed by atoms with Crippen molar-refractivity contribution in [1.82, 2.24) is 9.13 Å². The van der Waals surface area contributed by atoms with Crippen molar-refractivity contribution >= 4 is 56.5 Å². The van der Waals surface area contributed by atoms with Gasteiger partial charge in [-0.05, 0) is 52.0 Å². The monoisotopic (exact) mass is 814 g/mol. The standard InChI is InChI=1S/C45H34N8O8/c1-18-30-22(13-26-34(18)58-9-5-54-26)38-46-40(30)50-42-24-15-28-36(60-11-7-56-28)20(3)32(24)45-49-39-23-14-27-35(59-10-6-55-27)19(2)31(23)41(47-39)51-43-25-16-29-37(61-12-8-57-29)21(4)33(25)44(48-38)53(43)17-52(42)45/h13-16H,5-12,17H2,1-4H3. The molecule has 302 valence electrons. The van der Waals surface area contributed by atoms with E-state index in [0.29, 0.717) is 145 Å². The third-order valence-electron chi connectivity index (χ3n) is 12.7. The van der Waals surface area contributed by atoms with E-state index in [2.05, 4.69) is 9.13 Å². The van der Waals surface area contributed by atoms with Crippen molar-refractivity contribution in [3.63, 3.8) is 0 Å². The molecule has 0 atom stereocenters. The zero-order chi connectivity index (χ0) is 40.4. The number of benzene rings is 4. The van der Waals surface area contributed by atoms with Gasteiger partial charge in [-0.1, -0.05) is 0 Å². The van der Waals surface area contributed by atoms with Crippen molar-refractivity contribution in [2.45, 2.75) is 34.4 Å². The average Bonchev–Trinajstić information content (AvgIpc) is 3.97. The fourth-order valence-corrected chi connectivity index (χ4v) is 10.1. The van der Waals surface area contributed by atoms with E-state index in [9.17, 15) is 0 Å². The Hall–Kier alpha value is -7.36. The highest BCUT2D eigenvalue weighted by molar-refractivity contribution is 6.26. The van der Waals surface area contributed by atoms with Gasteiger partial charge in [0.25, 0.3) is 0 Å². The Labute approximate surface area is 345 Å². The topological polar surface area (TPSA) is 158 Å². The number of ether oxygens (including phenoxy) is 8. The van der Waals surface area contributed by atoms with Crippen LogP contribution in [0, 0.1) is 27.7 Å². The number of hydrogen-bond acceptors (Lipinski definition) is 14. The highest BCUT2D eigenvalue weighted by Gasteiger charge is 2.36. The first-order chi connectivity index (χ1) is 29.9. The Kier molecular flexibility index (Phi) is 6.41. The first-order valence-corrected chi connectivity index (χ1v) is 20.5. The van der Waals surface area contributed by atoms with Crippen LogP contribution in [0.1, 0.15) is 44.5 Å². The zero-order valence-electron chi connectivity index (χ0n) is 33.5. The van der Waals surface area contributed by atoms with Crippen LogP contribution in [-0.4, -0.2) is 85.3 Å². The molecule has 0 amide bonds. The molecule has 6 aromatic rings. The predicted octanol–water partition coefficient (Wildman–Crippen LogP) is 5.36. The van der Waals surface area contributed by atoms with Crippen molar-refractivity contribution in [1.29, 1.82) is 0 Å². The van der Waals surface area contributed by atoms with Crippen molar-refractivity contribution in [2.24, 2.45) is 30.0 Å². The summed E-state index contributed by atoms with van der Waals surface area (Å²) in [6.45, 7) is 11.8. The van der Waals surface area contributed by atoms with Crippen LogP contribution in [0.25, 0.3) is 21.5 Å². The average molecular weight is 815 g/mol. The molecule has 8 aliphatic rings. The lowest BCUT2D eigenvalue weighted by Crippen LogP contribution is -2.32. The third-order valence-corrected chi connectivity index (χ3v) is 12.7. The summed E-state index contributed by atoms with van der Waals surface area (Å²) in [5.74, 6) is 8.47.